The molecule has 0 spiro atoms. The van der Waals surface area contributed by atoms with Crippen molar-refractivity contribution in [3.05, 3.63) is 34.0 Å². The van der Waals surface area contributed by atoms with Crippen LogP contribution in [0.15, 0.2) is 29.0 Å². The second kappa shape index (κ2) is 3.52. The summed E-state index contributed by atoms with van der Waals surface area (Å²) in [5, 5.41) is 13.9. The van der Waals surface area contributed by atoms with Crippen LogP contribution < -0.4 is 5.73 Å². The van der Waals surface area contributed by atoms with E-state index in [0.29, 0.717) is 16.3 Å². The molecule has 1 aromatic carbocycles. The number of phenolic OH excluding ortho intramolecular Hbond substituents is 1. The van der Waals surface area contributed by atoms with Crippen LogP contribution in [0.5, 0.6) is 5.75 Å². The molecule has 2 nitrogen and oxygen atoms in total. The fourth-order valence-corrected chi connectivity index (χ4v) is 2.18. The average Bonchev–Trinajstić information content (AvgIpc) is 2.65. The fraction of sp³-hybridized carbons (Fsp3) is 0. The number of phenols is 1. The molecule has 14 heavy (non-hydrogen) atoms. The van der Waals surface area contributed by atoms with Gasteiger partial charge in [0.05, 0.1) is 10.7 Å². The molecule has 3 N–H and O–H groups in total. The molecule has 4 heteroatoms. The predicted octanol–water partition coefficient (Wildman–Crippen LogP) is 3.36. The molecule has 0 saturated heterocycles. The van der Waals surface area contributed by atoms with Crippen molar-refractivity contribution in [2.24, 2.45) is 0 Å². The Morgan fingerprint density at radius 2 is 2.07 bits per heavy atom. The van der Waals surface area contributed by atoms with Crippen molar-refractivity contribution in [2.75, 3.05) is 5.73 Å². The molecule has 1 aromatic heterocycles. The van der Waals surface area contributed by atoms with Gasteiger partial charge in [-0.25, -0.2) is 0 Å². The highest BCUT2D eigenvalue weighted by molar-refractivity contribution is 7.08. The zero-order valence-electron chi connectivity index (χ0n) is 7.20. The molecular weight excluding hydrogens is 218 g/mol. The summed E-state index contributed by atoms with van der Waals surface area (Å²) in [5.41, 5.74) is 7.63. The van der Waals surface area contributed by atoms with Crippen molar-refractivity contribution < 1.29 is 5.11 Å². The van der Waals surface area contributed by atoms with Crippen LogP contribution in [0.1, 0.15) is 0 Å². The molecule has 1 heterocycles. The lowest BCUT2D eigenvalue weighted by atomic mass is 10.1. The van der Waals surface area contributed by atoms with Crippen LogP contribution in [0.3, 0.4) is 0 Å². The first kappa shape index (κ1) is 9.37. The number of benzene rings is 1. The summed E-state index contributed by atoms with van der Waals surface area (Å²) >= 11 is 7.56. The van der Waals surface area contributed by atoms with Gasteiger partial charge in [0.15, 0.2) is 0 Å². The Balaban J connectivity index is 2.69. The zero-order chi connectivity index (χ0) is 10.1. The summed E-state index contributed by atoms with van der Waals surface area (Å²) in [4.78, 5) is 0. The van der Waals surface area contributed by atoms with Crippen LogP contribution in [0, 0.1) is 0 Å². The Hall–Kier alpha value is -1.19. The summed E-state index contributed by atoms with van der Waals surface area (Å²) < 4.78 is 0. The number of rotatable bonds is 1. The molecule has 0 aliphatic heterocycles. The first-order valence-electron chi connectivity index (χ1n) is 3.99. The monoisotopic (exact) mass is 225 g/mol. The highest BCUT2D eigenvalue weighted by Gasteiger charge is 2.11. The summed E-state index contributed by atoms with van der Waals surface area (Å²) in [6, 6.07) is 5.03. The van der Waals surface area contributed by atoms with Gasteiger partial charge >= 0.3 is 0 Å². The van der Waals surface area contributed by atoms with Crippen LogP contribution in [-0.4, -0.2) is 5.11 Å². The summed E-state index contributed by atoms with van der Waals surface area (Å²) in [7, 11) is 0. The first-order valence-corrected chi connectivity index (χ1v) is 5.31. The molecule has 0 aliphatic carbocycles. The molecule has 0 amide bonds. The SMILES string of the molecule is Nc1ccc(O)c(-c2ccsc2)c1Cl. The molecule has 0 atom stereocenters. The molecular formula is C10H8ClNOS. The third-order valence-corrected chi connectivity index (χ3v) is 3.05. The van der Waals surface area contributed by atoms with Crippen LogP contribution >= 0.6 is 22.9 Å². The second-order valence-electron chi connectivity index (χ2n) is 2.87. The van der Waals surface area contributed by atoms with Gasteiger partial charge in [0, 0.05) is 5.56 Å². The van der Waals surface area contributed by atoms with Gasteiger partial charge in [-0.3, -0.25) is 0 Å². The van der Waals surface area contributed by atoms with Gasteiger partial charge in [-0.1, -0.05) is 11.6 Å². The zero-order valence-corrected chi connectivity index (χ0v) is 8.77. The minimum absolute atomic E-state index is 0.155. The molecule has 2 rings (SSSR count). The Morgan fingerprint density at radius 1 is 1.29 bits per heavy atom. The molecule has 0 saturated carbocycles. The Labute approximate surface area is 90.6 Å². The predicted molar refractivity (Wildman–Crippen MR) is 60.8 cm³/mol. The van der Waals surface area contributed by atoms with E-state index in [9.17, 15) is 5.11 Å². The Kier molecular flexibility index (Phi) is 2.35. The van der Waals surface area contributed by atoms with Crippen LogP contribution in [0.25, 0.3) is 11.1 Å². The number of anilines is 1. The van der Waals surface area contributed by atoms with Crippen molar-refractivity contribution in [3.8, 4) is 16.9 Å². The third kappa shape index (κ3) is 1.45. The van der Waals surface area contributed by atoms with E-state index >= 15 is 0 Å². The van der Waals surface area contributed by atoms with Gasteiger partial charge < -0.3 is 10.8 Å². The van der Waals surface area contributed by atoms with Crippen LogP contribution in [0.4, 0.5) is 5.69 Å². The molecule has 0 radical (unpaired) electrons. The van der Waals surface area contributed by atoms with E-state index in [1.54, 1.807) is 23.5 Å². The van der Waals surface area contributed by atoms with Crippen molar-refractivity contribution in [1.82, 2.24) is 0 Å². The maximum absolute atomic E-state index is 9.65. The van der Waals surface area contributed by atoms with E-state index < -0.39 is 0 Å². The largest absolute Gasteiger partial charge is 0.507 e. The van der Waals surface area contributed by atoms with E-state index in [2.05, 4.69) is 0 Å². The number of hydrogen-bond donors (Lipinski definition) is 2. The molecule has 0 fully saturated rings. The van der Waals surface area contributed by atoms with Crippen LogP contribution in [-0.2, 0) is 0 Å². The first-order chi connectivity index (χ1) is 6.70. The number of nitrogen functional groups attached to an aromatic ring is 1. The second-order valence-corrected chi connectivity index (χ2v) is 4.03. The standard InChI is InChI=1S/C10H8ClNOS/c11-10-7(12)1-2-8(13)9(10)6-3-4-14-5-6/h1-5,13H,12H2. The van der Waals surface area contributed by atoms with E-state index in [1.165, 1.54) is 0 Å². The highest BCUT2D eigenvalue weighted by atomic mass is 35.5. The molecule has 2 aromatic rings. The van der Waals surface area contributed by atoms with E-state index in [4.69, 9.17) is 17.3 Å². The fourth-order valence-electron chi connectivity index (χ4n) is 1.26. The Bertz CT molecular complexity index is 453. The van der Waals surface area contributed by atoms with E-state index in [1.807, 2.05) is 16.8 Å². The molecule has 0 unspecified atom stereocenters. The Morgan fingerprint density at radius 3 is 2.71 bits per heavy atom. The lowest BCUT2D eigenvalue weighted by molar-refractivity contribution is 0.477. The van der Waals surface area contributed by atoms with Crippen molar-refractivity contribution in [3.63, 3.8) is 0 Å². The summed E-state index contributed by atoms with van der Waals surface area (Å²) in [6.07, 6.45) is 0. The third-order valence-electron chi connectivity index (χ3n) is 1.96. The molecule has 0 bridgehead atoms. The summed E-state index contributed by atoms with van der Waals surface area (Å²) in [6.45, 7) is 0. The van der Waals surface area contributed by atoms with Gasteiger partial charge in [-0.15, -0.1) is 0 Å². The van der Waals surface area contributed by atoms with Gasteiger partial charge in [-0.05, 0) is 34.5 Å². The van der Waals surface area contributed by atoms with Crippen molar-refractivity contribution >= 4 is 28.6 Å². The van der Waals surface area contributed by atoms with Crippen molar-refractivity contribution in [1.29, 1.82) is 0 Å². The smallest absolute Gasteiger partial charge is 0.125 e. The number of hydrogen-bond acceptors (Lipinski definition) is 3. The van der Waals surface area contributed by atoms with Gasteiger partial charge in [0.1, 0.15) is 5.75 Å². The average molecular weight is 226 g/mol. The van der Waals surface area contributed by atoms with Crippen LogP contribution in [0.2, 0.25) is 5.02 Å². The lowest BCUT2D eigenvalue weighted by Crippen LogP contribution is -1.88. The van der Waals surface area contributed by atoms with Gasteiger partial charge in [-0.2, -0.15) is 11.3 Å². The molecule has 72 valence electrons. The van der Waals surface area contributed by atoms with E-state index in [0.717, 1.165) is 5.56 Å². The lowest BCUT2D eigenvalue weighted by Gasteiger charge is -2.07. The topological polar surface area (TPSA) is 46.2 Å². The number of thiophene rings is 1. The van der Waals surface area contributed by atoms with Crippen molar-refractivity contribution in [2.45, 2.75) is 0 Å². The highest BCUT2D eigenvalue weighted by Crippen LogP contribution is 2.39. The van der Waals surface area contributed by atoms with E-state index in [-0.39, 0.29) is 5.75 Å². The number of halogens is 1. The maximum atomic E-state index is 9.65. The quantitative estimate of drug-likeness (QED) is 0.578. The molecule has 0 aliphatic rings. The maximum Gasteiger partial charge on any atom is 0.125 e. The normalized spacial score (nSPS) is 10.4. The van der Waals surface area contributed by atoms with Gasteiger partial charge in [0.2, 0.25) is 0 Å². The number of nitrogens with two attached hydrogens (primary N) is 1. The summed E-state index contributed by atoms with van der Waals surface area (Å²) in [5.74, 6) is 0.155. The minimum Gasteiger partial charge on any atom is -0.507 e. The minimum atomic E-state index is 0.155. The van der Waals surface area contributed by atoms with Gasteiger partial charge in [0.25, 0.3) is 0 Å². The number of aromatic hydroxyl groups is 1.